The molecule has 1 fully saturated rings. The lowest BCUT2D eigenvalue weighted by Gasteiger charge is -2.23. The number of Topliss-reactive ketones (excluding diaryl/α,β-unsaturated/α-hetero) is 1. The van der Waals surface area contributed by atoms with Gasteiger partial charge in [-0.3, -0.25) is 9.69 Å². The van der Waals surface area contributed by atoms with Gasteiger partial charge < -0.3 is 9.13 Å². The van der Waals surface area contributed by atoms with Crippen LogP contribution in [-0.4, -0.2) is 49.9 Å². The van der Waals surface area contributed by atoms with Crippen LogP contribution in [0.25, 0.3) is 0 Å². The second-order valence-corrected chi connectivity index (χ2v) is 9.84. The van der Waals surface area contributed by atoms with Gasteiger partial charge in [-0.05, 0) is 58.8 Å². The van der Waals surface area contributed by atoms with Crippen LogP contribution >= 0.6 is 11.8 Å². The lowest BCUT2D eigenvalue weighted by Crippen LogP contribution is -2.23. The van der Waals surface area contributed by atoms with Crippen molar-refractivity contribution in [3.8, 4) is 0 Å². The van der Waals surface area contributed by atoms with Gasteiger partial charge >= 0.3 is 0 Å². The van der Waals surface area contributed by atoms with E-state index in [0.717, 1.165) is 28.7 Å². The second kappa shape index (κ2) is 9.63. The first-order chi connectivity index (χ1) is 15.4. The smallest absolute Gasteiger partial charge is 0.192 e. The summed E-state index contributed by atoms with van der Waals surface area (Å²) in [4.78, 5) is 15.3. The molecule has 1 aliphatic carbocycles. The van der Waals surface area contributed by atoms with Crippen LogP contribution in [0, 0.1) is 13.8 Å². The van der Waals surface area contributed by atoms with Crippen LogP contribution in [0.1, 0.15) is 71.4 Å². The SMILES string of the molecule is CCC(c1nnc(SCC(=O)c2cc(C)n(C3CC3)c2C)n1Cc1ccccc1)N(C)C. The van der Waals surface area contributed by atoms with Crippen LogP contribution in [0.4, 0.5) is 0 Å². The molecule has 6 nitrogen and oxygen atoms in total. The zero-order valence-electron chi connectivity index (χ0n) is 19.7. The number of carbonyl (C=O) groups excluding carboxylic acids is 1. The lowest BCUT2D eigenvalue weighted by atomic mass is 10.2. The van der Waals surface area contributed by atoms with Gasteiger partial charge in [0.25, 0.3) is 0 Å². The van der Waals surface area contributed by atoms with Gasteiger partial charge in [0.05, 0.1) is 18.3 Å². The summed E-state index contributed by atoms with van der Waals surface area (Å²) in [5.74, 6) is 1.47. The summed E-state index contributed by atoms with van der Waals surface area (Å²) in [6.07, 6.45) is 3.37. The molecule has 0 aliphatic heterocycles. The number of carbonyl (C=O) groups is 1. The van der Waals surface area contributed by atoms with Crippen molar-refractivity contribution in [2.24, 2.45) is 0 Å². The molecule has 1 saturated carbocycles. The van der Waals surface area contributed by atoms with E-state index in [9.17, 15) is 4.79 Å². The normalized spacial score (nSPS) is 14.8. The van der Waals surface area contributed by atoms with Crippen molar-refractivity contribution >= 4 is 17.5 Å². The number of benzene rings is 1. The summed E-state index contributed by atoms with van der Waals surface area (Å²) in [5, 5.41) is 9.86. The summed E-state index contributed by atoms with van der Waals surface area (Å²) in [6.45, 7) is 7.03. The quantitative estimate of drug-likeness (QED) is 0.318. The van der Waals surface area contributed by atoms with Gasteiger partial charge in [0.1, 0.15) is 0 Å². The molecule has 2 aromatic heterocycles. The molecule has 3 aromatic rings. The number of hydrogen-bond acceptors (Lipinski definition) is 5. The third kappa shape index (κ3) is 4.69. The third-order valence-corrected chi connectivity index (χ3v) is 7.23. The van der Waals surface area contributed by atoms with Crippen molar-refractivity contribution in [2.45, 2.75) is 63.8 Å². The van der Waals surface area contributed by atoms with E-state index in [2.05, 4.69) is 89.4 Å². The van der Waals surface area contributed by atoms with Crippen LogP contribution in [0.3, 0.4) is 0 Å². The Balaban J connectivity index is 1.57. The monoisotopic (exact) mass is 451 g/mol. The number of hydrogen-bond donors (Lipinski definition) is 0. The Morgan fingerprint density at radius 3 is 2.53 bits per heavy atom. The third-order valence-electron chi connectivity index (χ3n) is 6.27. The maximum absolute atomic E-state index is 13.1. The highest BCUT2D eigenvalue weighted by Crippen LogP contribution is 2.38. The summed E-state index contributed by atoms with van der Waals surface area (Å²) >= 11 is 1.49. The number of thioether (sulfide) groups is 1. The number of ketones is 1. The molecular formula is C25H33N5OS. The Kier molecular flexibility index (Phi) is 6.86. The van der Waals surface area contributed by atoms with Gasteiger partial charge in [-0.2, -0.15) is 0 Å². The van der Waals surface area contributed by atoms with Gasteiger partial charge in [-0.15, -0.1) is 10.2 Å². The van der Waals surface area contributed by atoms with Crippen LogP contribution < -0.4 is 0 Å². The van der Waals surface area contributed by atoms with E-state index >= 15 is 0 Å². The average Bonchev–Trinajstić information content (AvgIpc) is 3.46. The Morgan fingerprint density at radius 1 is 1.19 bits per heavy atom. The minimum absolute atomic E-state index is 0.158. The van der Waals surface area contributed by atoms with E-state index < -0.39 is 0 Å². The number of rotatable bonds is 10. The first kappa shape index (κ1) is 22.8. The molecule has 32 heavy (non-hydrogen) atoms. The van der Waals surface area contributed by atoms with Gasteiger partial charge in [-0.1, -0.05) is 49.0 Å². The van der Waals surface area contributed by atoms with Crippen molar-refractivity contribution in [3.05, 3.63) is 64.7 Å². The molecule has 0 spiro atoms. The molecule has 0 saturated heterocycles. The fraction of sp³-hybridized carbons (Fsp3) is 0.480. The topological polar surface area (TPSA) is 56.0 Å². The molecule has 0 N–H and O–H groups in total. The number of aromatic nitrogens is 4. The van der Waals surface area contributed by atoms with Gasteiger partial charge in [0, 0.05) is 23.0 Å². The second-order valence-electron chi connectivity index (χ2n) is 8.90. The minimum atomic E-state index is 0.158. The van der Waals surface area contributed by atoms with Crippen molar-refractivity contribution in [3.63, 3.8) is 0 Å². The Bertz CT molecular complexity index is 1080. The fourth-order valence-corrected chi connectivity index (χ4v) is 5.34. The summed E-state index contributed by atoms with van der Waals surface area (Å²) in [5.41, 5.74) is 4.32. The van der Waals surface area contributed by atoms with Gasteiger partial charge in [0.2, 0.25) is 0 Å². The summed E-state index contributed by atoms with van der Waals surface area (Å²) < 4.78 is 4.51. The Hall–Kier alpha value is -2.38. The summed E-state index contributed by atoms with van der Waals surface area (Å²) in [7, 11) is 4.14. The Labute approximate surface area is 195 Å². The van der Waals surface area contributed by atoms with E-state index in [1.807, 2.05) is 6.07 Å². The zero-order chi connectivity index (χ0) is 22.8. The number of nitrogens with zero attached hydrogens (tertiary/aromatic N) is 5. The molecule has 0 bridgehead atoms. The first-order valence-electron chi connectivity index (χ1n) is 11.4. The van der Waals surface area contributed by atoms with Crippen LogP contribution in [-0.2, 0) is 6.54 Å². The first-order valence-corrected chi connectivity index (χ1v) is 12.4. The fourth-order valence-electron chi connectivity index (χ4n) is 4.51. The predicted molar refractivity (Wildman–Crippen MR) is 130 cm³/mol. The molecule has 0 radical (unpaired) electrons. The molecule has 1 atom stereocenters. The molecule has 0 amide bonds. The molecule has 2 heterocycles. The van der Waals surface area contributed by atoms with Gasteiger partial charge in [0.15, 0.2) is 16.8 Å². The molecule has 1 aliphatic rings. The minimum Gasteiger partial charge on any atom is -0.345 e. The highest BCUT2D eigenvalue weighted by Gasteiger charge is 2.29. The highest BCUT2D eigenvalue weighted by atomic mass is 32.2. The molecule has 7 heteroatoms. The van der Waals surface area contributed by atoms with Crippen molar-refractivity contribution in [2.75, 3.05) is 19.8 Å². The lowest BCUT2D eigenvalue weighted by molar-refractivity contribution is 0.102. The maximum atomic E-state index is 13.1. The van der Waals surface area contributed by atoms with E-state index in [1.54, 1.807) is 0 Å². The highest BCUT2D eigenvalue weighted by molar-refractivity contribution is 7.99. The average molecular weight is 452 g/mol. The van der Waals surface area contributed by atoms with Crippen molar-refractivity contribution in [1.82, 2.24) is 24.2 Å². The van der Waals surface area contributed by atoms with Crippen molar-refractivity contribution < 1.29 is 4.79 Å². The number of aryl methyl sites for hydroxylation is 1. The molecule has 170 valence electrons. The standard InChI is InChI=1S/C25H33N5OS/c1-6-22(28(4)5)24-26-27-25(29(24)15-19-10-8-7-9-11-19)32-16-23(31)21-14-17(2)30(18(21)3)20-12-13-20/h7-11,14,20,22H,6,12-13,15-16H2,1-5H3. The molecule has 1 unspecified atom stereocenters. The van der Waals surface area contributed by atoms with Gasteiger partial charge in [-0.25, -0.2) is 0 Å². The summed E-state index contributed by atoms with van der Waals surface area (Å²) in [6, 6.07) is 13.2. The van der Waals surface area contributed by atoms with Crippen molar-refractivity contribution in [1.29, 1.82) is 0 Å². The van der Waals surface area contributed by atoms with Crippen LogP contribution in [0.2, 0.25) is 0 Å². The maximum Gasteiger partial charge on any atom is 0.192 e. The van der Waals surface area contributed by atoms with E-state index in [1.165, 1.54) is 35.9 Å². The molecule has 1 aromatic carbocycles. The predicted octanol–water partition coefficient (Wildman–Crippen LogP) is 5.07. The molecular weight excluding hydrogens is 418 g/mol. The zero-order valence-corrected chi connectivity index (χ0v) is 20.5. The van der Waals surface area contributed by atoms with Crippen LogP contribution in [0.5, 0.6) is 0 Å². The Morgan fingerprint density at radius 2 is 1.91 bits per heavy atom. The van der Waals surface area contributed by atoms with Crippen LogP contribution in [0.15, 0.2) is 41.6 Å². The van der Waals surface area contributed by atoms with E-state index in [0.29, 0.717) is 18.3 Å². The van der Waals surface area contributed by atoms with E-state index in [-0.39, 0.29) is 11.8 Å². The largest absolute Gasteiger partial charge is 0.345 e. The molecule has 4 rings (SSSR count). The van der Waals surface area contributed by atoms with E-state index in [4.69, 9.17) is 0 Å².